The van der Waals surface area contributed by atoms with Gasteiger partial charge in [-0.05, 0) is 17.7 Å². The summed E-state index contributed by atoms with van der Waals surface area (Å²) < 4.78 is 22.7. The molecular formula is C16H13ClN2O4S. The fourth-order valence-electron chi connectivity index (χ4n) is 2.40. The Morgan fingerprint density at radius 3 is 2.58 bits per heavy atom. The zero-order chi connectivity index (χ0) is 17.3. The summed E-state index contributed by atoms with van der Waals surface area (Å²) in [5.41, 5.74) is 0.372. The van der Waals surface area contributed by atoms with Gasteiger partial charge in [0.1, 0.15) is 5.56 Å². The number of H-pyrrole nitrogens is 1. The number of benzene rings is 1. The van der Waals surface area contributed by atoms with Crippen molar-refractivity contribution in [2.24, 2.45) is 0 Å². The van der Waals surface area contributed by atoms with E-state index >= 15 is 0 Å². The number of rotatable bonds is 3. The highest BCUT2D eigenvalue weighted by atomic mass is 35.5. The standard InChI is InChI=1S/C16H13ClN2O4S/c17-13-8-12(15(20)18-11-6-7-24(22,23)9-11)16(21)19-14(13)10-4-2-1-3-5-10/h1-8,11H,9H2,(H,18,20)(H,19,21)/t11-/m1/s1. The van der Waals surface area contributed by atoms with Crippen molar-refractivity contribution in [3.05, 3.63) is 68.8 Å². The lowest BCUT2D eigenvalue weighted by molar-refractivity contribution is 0.0946. The third-order valence-corrected chi connectivity index (χ3v) is 5.24. The van der Waals surface area contributed by atoms with Gasteiger partial charge in [0.25, 0.3) is 11.5 Å². The molecule has 0 unspecified atom stereocenters. The molecule has 6 nitrogen and oxygen atoms in total. The molecule has 0 radical (unpaired) electrons. The molecule has 0 aliphatic carbocycles. The summed E-state index contributed by atoms with van der Waals surface area (Å²) in [6, 6.07) is 9.63. The Morgan fingerprint density at radius 1 is 1.25 bits per heavy atom. The first-order valence-corrected chi connectivity index (χ1v) is 9.15. The van der Waals surface area contributed by atoms with Gasteiger partial charge in [-0.2, -0.15) is 0 Å². The van der Waals surface area contributed by atoms with Crippen LogP contribution in [0.4, 0.5) is 0 Å². The number of carbonyl (C=O) groups is 1. The van der Waals surface area contributed by atoms with E-state index in [0.29, 0.717) is 5.69 Å². The van der Waals surface area contributed by atoms with E-state index < -0.39 is 27.3 Å². The summed E-state index contributed by atoms with van der Waals surface area (Å²) >= 11 is 6.18. The van der Waals surface area contributed by atoms with Crippen LogP contribution in [0.1, 0.15) is 10.4 Å². The molecule has 0 fully saturated rings. The summed E-state index contributed by atoms with van der Waals surface area (Å²) in [6.07, 6.45) is 1.38. The third kappa shape index (κ3) is 3.42. The smallest absolute Gasteiger partial charge is 0.261 e. The van der Waals surface area contributed by atoms with Crippen LogP contribution in [-0.4, -0.2) is 31.1 Å². The Balaban J connectivity index is 1.87. The molecule has 1 aliphatic heterocycles. The second kappa shape index (κ2) is 6.26. The SMILES string of the molecule is O=C(N[C@@H]1C=CS(=O)(=O)C1)c1cc(Cl)c(-c2ccccc2)[nH]c1=O. The van der Waals surface area contributed by atoms with E-state index in [-0.39, 0.29) is 16.3 Å². The van der Waals surface area contributed by atoms with Gasteiger partial charge in [0.15, 0.2) is 9.84 Å². The van der Waals surface area contributed by atoms with E-state index in [4.69, 9.17) is 11.6 Å². The van der Waals surface area contributed by atoms with Crippen LogP contribution in [0.2, 0.25) is 5.02 Å². The van der Waals surface area contributed by atoms with Gasteiger partial charge in [0.05, 0.1) is 22.5 Å². The number of carbonyl (C=O) groups excluding carboxylic acids is 1. The molecule has 24 heavy (non-hydrogen) atoms. The molecule has 1 aromatic heterocycles. The number of amides is 1. The normalized spacial score (nSPS) is 18.5. The number of sulfone groups is 1. The molecule has 0 saturated heterocycles. The lowest BCUT2D eigenvalue weighted by Crippen LogP contribution is -2.38. The highest BCUT2D eigenvalue weighted by Crippen LogP contribution is 2.24. The first kappa shape index (κ1) is 16.5. The van der Waals surface area contributed by atoms with Crippen molar-refractivity contribution in [2.75, 3.05) is 5.75 Å². The molecule has 1 aliphatic rings. The van der Waals surface area contributed by atoms with Crippen LogP contribution < -0.4 is 10.9 Å². The average molecular weight is 365 g/mol. The number of nitrogens with one attached hydrogen (secondary N) is 2. The van der Waals surface area contributed by atoms with Gasteiger partial charge in [-0.25, -0.2) is 8.42 Å². The Morgan fingerprint density at radius 2 is 1.96 bits per heavy atom. The van der Waals surface area contributed by atoms with Crippen molar-refractivity contribution >= 4 is 27.3 Å². The molecule has 2 N–H and O–H groups in total. The molecule has 8 heteroatoms. The van der Waals surface area contributed by atoms with Gasteiger partial charge < -0.3 is 10.3 Å². The van der Waals surface area contributed by atoms with Crippen molar-refractivity contribution in [3.8, 4) is 11.3 Å². The van der Waals surface area contributed by atoms with Crippen molar-refractivity contribution in [3.63, 3.8) is 0 Å². The molecule has 2 heterocycles. The summed E-state index contributed by atoms with van der Waals surface area (Å²) in [5.74, 6) is -0.892. The second-order valence-electron chi connectivity index (χ2n) is 5.34. The first-order valence-electron chi connectivity index (χ1n) is 7.06. The van der Waals surface area contributed by atoms with E-state index in [1.807, 2.05) is 6.07 Å². The summed E-state index contributed by atoms with van der Waals surface area (Å²) in [7, 11) is -3.29. The van der Waals surface area contributed by atoms with Gasteiger partial charge in [-0.1, -0.05) is 41.9 Å². The summed E-state index contributed by atoms with van der Waals surface area (Å²) in [4.78, 5) is 27.0. The van der Waals surface area contributed by atoms with Crippen LogP contribution in [0.15, 0.2) is 52.7 Å². The lowest BCUT2D eigenvalue weighted by atomic mass is 10.1. The Bertz CT molecular complexity index is 981. The molecule has 0 saturated carbocycles. The minimum atomic E-state index is -3.29. The zero-order valence-electron chi connectivity index (χ0n) is 12.3. The van der Waals surface area contributed by atoms with Crippen molar-refractivity contribution in [1.82, 2.24) is 10.3 Å². The minimum Gasteiger partial charge on any atom is -0.345 e. The number of aromatic amines is 1. The Kier molecular flexibility index (Phi) is 4.29. The monoisotopic (exact) mass is 364 g/mol. The van der Waals surface area contributed by atoms with Gasteiger partial charge in [-0.15, -0.1) is 0 Å². The fraction of sp³-hybridized carbons (Fsp3) is 0.125. The Labute approximate surface area is 143 Å². The van der Waals surface area contributed by atoms with E-state index in [1.54, 1.807) is 24.3 Å². The predicted molar refractivity (Wildman–Crippen MR) is 91.7 cm³/mol. The van der Waals surface area contributed by atoms with Crippen LogP contribution >= 0.6 is 11.6 Å². The lowest BCUT2D eigenvalue weighted by Gasteiger charge is -2.11. The molecule has 0 bridgehead atoms. The van der Waals surface area contributed by atoms with Gasteiger partial charge >= 0.3 is 0 Å². The second-order valence-corrected chi connectivity index (χ2v) is 7.68. The van der Waals surface area contributed by atoms with Gasteiger partial charge in [0, 0.05) is 5.41 Å². The highest BCUT2D eigenvalue weighted by Gasteiger charge is 2.24. The number of halogens is 1. The largest absolute Gasteiger partial charge is 0.345 e. The van der Waals surface area contributed by atoms with Crippen LogP contribution in [0.25, 0.3) is 11.3 Å². The predicted octanol–water partition coefficient (Wildman–Crippen LogP) is 1.74. The third-order valence-electron chi connectivity index (χ3n) is 3.55. The molecule has 1 aromatic carbocycles. The molecule has 2 aromatic rings. The highest BCUT2D eigenvalue weighted by molar-refractivity contribution is 7.94. The van der Waals surface area contributed by atoms with Gasteiger partial charge in [-0.3, -0.25) is 9.59 Å². The molecule has 124 valence electrons. The van der Waals surface area contributed by atoms with Crippen LogP contribution in [-0.2, 0) is 9.84 Å². The molecule has 0 spiro atoms. The number of pyridine rings is 1. The van der Waals surface area contributed by atoms with Crippen LogP contribution in [0.5, 0.6) is 0 Å². The van der Waals surface area contributed by atoms with Gasteiger partial charge in [0.2, 0.25) is 0 Å². The maximum absolute atomic E-state index is 12.2. The summed E-state index contributed by atoms with van der Waals surface area (Å²) in [6.45, 7) is 0. The Hall–Kier alpha value is -2.38. The topological polar surface area (TPSA) is 96.1 Å². The number of aromatic nitrogens is 1. The van der Waals surface area contributed by atoms with E-state index in [1.165, 1.54) is 12.1 Å². The van der Waals surface area contributed by atoms with E-state index in [9.17, 15) is 18.0 Å². The minimum absolute atomic E-state index is 0.169. The van der Waals surface area contributed by atoms with Crippen molar-refractivity contribution in [2.45, 2.75) is 6.04 Å². The quantitative estimate of drug-likeness (QED) is 0.867. The zero-order valence-corrected chi connectivity index (χ0v) is 13.9. The fourth-order valence-corrected chi connectivity index (χ4v) is 3.90. The maximum atomic E-state index is 12.2. The van der Waals surface area contributed by atoms with Crippen molar-refractivity contribution < 1.29 is 13.2 Å². The van der Waals surface area contributed by atoms with Crippen molar-refractivity contribution in [1.29, 1.82) is 0 Å². The summed E-state index contributed by atoms with van der Waals surface area (Å²) in [5, 5.41) is 3.77. The van der Waals surface area contributed by atoms with E-state index in [2.05, 4.69) is 10.3 Å². The number of hydrogen-bond acceptors (Lipinski definition) is 4. The average Bonchev–Trinajstić information content (AvgIpc) is 2.88. The first-order chi connectivity index (χ1) is 11.4. The maximum Gasteiger partial charge on any atom is 0.261 e. The van der Waals surface area contributed by atoms with E-state index in [0.717, 1.165) is 11.0 Å². The molecule has 1 atom stereocenters. The van der Waals surface area contributed by atoms with Crippen LogP contribution in [0.3, 0.4) is 0 Å². The van der Waals surface area contributed by atoms with Crippen LogP contribution in [0, 0.1) is 0 Å². The molecule has 3 rings (SSSR count). The molecule has 1 amide bonds. The molecular weight excluding hydrogens is 352 g/mol. The number of hydrogen-bond donors (Lipinski definition) is 2.